The van der Waals surface area contributed by atoms with Gasteiger partial charge in [-0.2, -0.15) is 0 Å². The molecule has 3 N–H and O–H groups in total. The van der Waals surface area contributed by atoms with E-state index in [9.17, 15) is 4.79 Å². The molecule has 1 heterocycles. The number of benzene rings is 2. The lowest BCUT2D eigenvalue weighted by Gasteiger charge is -2.06. The summed E-state index contributed by atoms with van der Waals surface area (Å²) in [4.78, 5) is 12.2. The van der Waals surface area contributed by atoms with Gasteiger partial charge in [0.1, 0.15) is 0 Å². The number of aromatic nitrogens is 2. The minimum atomic E-state index is 0.0594. The molecule has 0 unspecified atom stereocenters. The highest BCUT2D eigenvalue weighted by Gasteiger charge is 2.11. The maximum Gasteiger partial charge on any atom is 0.248 e. The number of amides is 1. The summed E-state index contributed by atoms with van der Waals surface area (Å²) < 4.78 is 5.78. The maximum atomic E-state index is 12.2. The van der Waals surface area contributed by atoms with Crippen LogP contribution in [0.2, 0.25) is 0 Å². The number of anilines is 2. The molecule has 3 aromatic rings. The molecule has 6 nitrogen and oxygen atoms in total. The lowest BCUT2D eigenvalue weighted by molar-refractivity contribution is -0.116. The topological polar surface area (TPSA) is 94.0 Å². The number of carbonyl (C=O) groups is 1. The molecule has 0 aliphatic heterocycles. The van der Waals surface area contributed by atoms with Crippen molar-refractivity contribution in [1.29, 1.82) is 0 Å². The highest BCUT2D eigenvalue weighted by molar-refractivity contribution is 5.90. The minimum absolute atomic E-state index is 0.0594. The third-order valence-corrected chi connectivity index (χ3v) is 5.51. The van der Waals surface area contributed by atoms with Crippen molar-refractivity contribution >= 4 is 17.3 Å². The van der Waals surface area contributed by atoms with Gasteiger partial charge in [0.05, 0.1) is 0 Å². The van der Waals surface area contributed by atoms with E-state index in [1.165, 1.54) is 44.9 Å². The molecule has 0 bridgehead atoms. The Labute approximate surface area is 190 Å². The second-order valence-corrected chi connectivity index (χ2v) is 8.24. The summed E-state index contributed by atoms with van der Waals surface area (Å²) in [5, 5.41) is 11.2. The summed E-state index contributed by atoms with van der Waals surface area (Å²) in [5.74, 6) is 0.937. The van der Waals surface area contributed by atoms with E-state index in [0.29, 0.717) is 23.9 Å². The molecular weight excluding hydrogens is 400 g/mol. The fraction of sp³-hybridized carbons (Fsp3) is 0.423. The van der Waals surface area contributed by atoms with Crippen molar-refractivity contribution in [3.8, 4) is 22.9 Å². The molecule has 32 heavy (non-hydrogen) atoms. The molecular formula is C26H34N4O2. The van der Waals surface area contributed by atoms with Crippen molar-refractivity contribution in [3.05, 3.63) is 48.5 Å². The maximum absolute atomic E-state index is 12.2. The zero-order valence-corrected chi connectivity index (χ0v) is 19.0. The Morgan fingerprint density at radius 3 is 1.84 bits per heavy atom. The van der Waals surface area contributed by atoms with Gasteiger partial charge in [0.2, 0.25) is 17.7 Å². The van der Waals surface area contributed by atoms with Crippen molar-refractivity contribution in [2.45, 2.75) is 71.1 Å². The highest BCUT2D eigenvalue weighted by Crippen LogP contribution is 2.25. The number of unbranched alkanes of at least 4 members (excludes halogenated alkanes) is 8. The molecule has 0 aliphatic carbocycles. The van der Waals surface area contributed by atoms with Crippen LogP contribution in [0.5, 0.6) is 0 Å². The predicted molar refractivity (Wildman–Crippen MR) is 130 cm³/mol. The highest BCUT2D eigenvalue weighted by atomic mass is 16.4. The van der Waals surface area contributed by atoms with E-state index in [1.54, 1.807) is 12.1 Å². The van der Waals surface area contributed by atoms with Crippen LogP contribution in [-0.2, 0) is 4.79 Å². The average molecular weight is 435 g/mol. The normalized spacial score (nSPS) is 10.9. The van der Waals surface area contributed by atoms with Gasteiger partial charge in [-0.1, -0.05) is 58.3 Å². The third kappa shape index (κ3) is 7.52. The number of hydrogen-bond acceptors (Lipinski definition) is 5. The van der Waals surface area contributed by atoms with Crippen LogP contribution >= 0.6 is 0 Å². The molecule has 1 amide bonds. The van der Waals surface area contributed by atoms with Gasteiger partial charge in [-0.25, -0.2) is 0 Å². The van der Waals surface area contributed by atoms with Crippen LogP contribution in [0.4, 0.5) is 11.4 Å². The molecule has 0 radical (unpaired) electrons. The van der Waals surface area contributed by atoms with Crippen molar-refractivity contribution in [3.63, 3.8) is 0 Å². The second kappa shape index (κ2) is 12.6. The van der Waals surface area contributed by atoms with Crippen LogP contribution in [-0.4, -0.2) is 16.1 Å². The zero-order valence-electron chi connectivity index (χ0n) is 19.0. The molecule has 0 spiro atoms. The van der Waals surface area contributed by atoms with Crippen LogP contribution in [0.15, 0.2) is 52.9 Å². The quantitative estimate of drug-likeness (QED) is 0.227. The van der Waals surface area contributed by atoms with Crippen LogP contribution < -0.4 is 11.1 Å². The summed E-state index contributed by atoms with van der Waals surface area (Å²) in [6.45, 7) is 2.24. The van der Waals surface area contributed by atoms with Gasteiger partial charge < -0.3 is 15.5 Å². The van der Waals surface area contributed by atoms with Crippen LogP contribution in [0, 0.1) is 0 Å². The van der Waals surface area contributed by atoms with E-state index in [2.05, 4.69) is 22.4 Å². The van der Waals surface area contributed by atoms with E-state index >= 15 is 0 Å². The largest absolute Gasteiger partial charge is 0.416 e. The average Bonchev–Trinajstić information content (AvgIpc) is 3.29. The van der Waals surface area contributed by atoms with Crippen LogP contribution in [0.25, 0.3) is 22.9 Å². The van der Waals surface area contributed by atoms with Gasteiger partial charge in [-0.15, -0.1) is 10.2 Å². The van der Waals surface area contributed by atoms with Gasteiger partial charge in [0.15, 0.2) is 0 Å². The van der Waals surface area contributed by atoms with Crippen molar-refractivity contribution in [2.75, 3.05) is 11.1 Å². The zero-order chi connectivity index (χ0) is 22.6. The number of carbonyl (C=O) groups excluding carboxylic acids is 1. The lowest BCUT2D eigenvalue weighted by Crippen LogP contribution is -2.10. The Morgan fingerprint density at radius 1 is 0.781 bits per heavy atom. The van der Waals surface area contributed by atoms with E-state index < -0.39 is 0 Å². The summed E-state index contributed by atoms with van der Waals surface area (Å²) in [5.41, 5.74) is 8.79. The van der Waals surface area contributed by atoms with Crippen LogP contribution in [0.3, 0.4) is 0 Å². The predicted octanol–water partition coefficient (Wildman–Crippen LogP) is 6.85. The molecule has 1 aromatic heterocycles. The van der Waals surface area contributed by atoms with E-state index in [0.717, 1.165) is 29.7 Å². The van der Waals surface area contributed by atoms with E-state index in [-0.39, 0.29) is 5.91 Å². The molecule has 170 valence electrons. The molecule has 3 rings (SSSR count). The van der Waals surface area contributed by atoms with Gasteiger partial charge in [0.25, 0.3) is 0 Å². The first kappa shape index (κ1) is 23.5. The van der Waals surface area contributed by atoms with Crippen molar-refractivity contribution < 1.29 is 9.21 Å². The van der Waals surface area contributed by atoms with Gasteiger partial charge in [-0.3, -0.25) is 4.79 Å². The first-order valence-corrected chi connectivity index (χ1v) is 11.8. The third-order valence-electron chi connectivity index (χ3n) is 5.51. The number of nitrogens with one attached hydrogen (secondary N) is 1. The van der Waals surface area contributed by atoms with Crippen molar-refractivity contribution in [2.24, 2.45) is 0 Å². The lowest BCUT2D eigenvalue weighted by atomic mass is 10.1. The Kier molecular flexibility index (Phi) is 9.29. The summed E-state index contributed by atoms with van der Waals surface area (Å²) in [6.07, 6.45) is 11.8. The fourth-order valence-electron chi connectivity index (χ4n) is 3.60. The minimum Gasteiger partial charge on any atom is -0.416 e. The van der Waals surface area contributed by atoms with Gasteiger partial charge in [-0.05, 0) is 55.0 Å². The number of nitrogens with zero attached hydrogens (tertiary/aromatic N) is 2. The van der Waals surface area contributed by atoms with E-state index in [4.69, 9.17) is 10.2 Å². The van der Waals surface area contributed by atoms with E-state index in [1.807, 2.05) is 36.4 Å². The first-order valence-electron chi connectivity index (χ1n) is 11.8. The Hall–Kier alpha value is -3.15. The fourth-order valence-corrected chi connectivity index (χ4v) is 3.60. The molecule has 0 fully saturated rings. The number of hydrogen-bond donors (Lipinski definition) is 2. The molecule has 2 aromatic carbocycles. The molecule has 0 aliphatic rings. The number of nitrogen functional groups attached to an aromatic ring is 1. The summed E-state index contributed by atoms with van der Waals surface area (Å²) in [6, 6.07) is 14.7. The molecule has 0 saturated heterocycles. The van der Waals surface area contributed by atoms with Gasteiger partial charge in [0, 0.05) is 28.9 Å². The van der Waals surface area contributed by atoms with Gasteiger partial charge >= 0.3 is 0 Å². The smallest absolute Gasteiger partial charge is 0.248 e. The Balaban J connectivity index is 1.39. The van der Waals surface area contributed by atoms with Crippen LogP contribution in [0.1, 0.15) is 71.1 Å². The second-order valence-electron chi connectivity index (χ2n) is 8.24. The SMILES string of the molecule is CCCCCCCCCCCC(=O)Nc1ccc(-c2nnc(-c3ccc(N)cc3)o2)cc1. The number of rotatable bonds is 13. The first-order chi connectivity index (χ1) is 15.7. The standard InChI is InChI=1S/C26H34N4O2/c1-2-3-4-5-6-7-8-9-10-11-24(31)28-23-18-14-21(15-19-23)26-30-29-25(32-26)20-12-16-22(27)17-13-20/h12-19H,2-11,27H2,1H3,(H,28,31). The summed E-state index contributed by atoms with van der Waals surface area (Å²) >= 11 is 0. The number of nitrogens with two attached hydrogens (primary N) is 1. The van der Waals surface area contributed by atoms with Crippen molar-refractivity contribution in [1.82, 2.24) is 10.2 Å². The monoisotopic (exact) mass is 434 g/mol. The summed E-state index contributed by atoms with van der Waals surface area (Å²) in [7, 11) is 0. The Morgan fingerprint density at radius 2 is 1.28 bits per heavy atom. The molecule has 0 saturated carbocycles. The molecule has 0 atom stereocenters. The Bertz CT molecular complexity index is 949. The molecule has 6 heteroatoms.